The predicted octanol–water partition coefficient (Wildman–Crippen LogP) is 2.28. The second-order valence-electron chi connectivity index (χ2n) is 2.27. The Balaban J connectivity index is 0.000000671. The SMILES string of the molecule is CC.COc1ccc(C)cc1ON. The lowest BCUT2D eigenvalue weighted by atomic mass is 10.2. The maximum Gasteiger partial charge on any atom is 0.188 e. The number of hydrogen-bond acceptors (Lipinski definition) is 3. The average Bonchev–Trinajstić information content (AvgIpc) is 2.20. The monoisotopic (exact) mass is 183 g/mol. The van der Waals surface area contributed by atoms with Gasteiger partial charge in [0.1, 0.15) is 0 Å². The van der Waals surface area contributed by atoms with Gasteiger partial charge in [-0.2, -0.15) is 5.90 Å². The highest BCUT2D eigenvalue weighted by molar-refractivity contribution is 5.42. The zero-order valence-corrected chi connectivity index (χ0v) is 8.63. The van der Waals surface area contributed by atoms with Gasteiger partial charge in [-0.3, -0.25) is 0 Å². The van der Waals surface area contributed by atoms with E-state index in [0.29, 0.717) is 11.5 Å². The topological polar surface area (TPSA) is 44.5 Å². The Labute approximate surface area is 79.4 Å². The number of hydrogen-bond donors (Lipinski definition) is 1. The van der Waals surface area contributed by atoms with Crippen LogP contribution in [0.3, 0.4) is 0 Å². The van der Waals surface area contributed by atoms with Crippen LogP contribution in [-0.2, 0) is 0 Å². The van der Waals surface area contributed by atoms with Crippen LogP contribution < -0.4 is 15.5 Å². The third-order valence-corrected chi connectivity index (χ3v) is 1.45. The molecule has 0 heterocycles. The first kappa shape index (κ1) is 11.8. The van der Waals surface area contributed by atoms with E-state index >= 15 is 0 Å². The van der Waals surface area contributed by atoms with Gasteiger partial charge in [-0.05, 0) is 24.6 Å². The molecule has 1 aromatic rings. The van der Waals surface area contributed by atoms with Crippen LogP contribution in [0.5, 0.6) is 11.5 Å². The number of benzene rings is 1. The summed E-state index contributed by atoms with van der Waals surface area (Å²) in [6.45, 7) is 5.96. The van der Waals surface area contributed by atoms with Crippen molar-refractivity contribution in [2.75, 3.05) is 7.11 Å². The molecule has 0 aromatic heterocycles. The molecule has 0 aliphatic heterocycles. The van der Waals surface area contributed by atoms with Crippen LogP contribution in [-0.4, -0.2) is 7.11 Å². The minimum Gasteiger partial charge on any atom is -0.493 e. The zero-order chi connectivity index (χ0) is 10.3. The van der Waals surface area contributed by atoms with Crippen LogP contribution in [0.4, 0.5) is 0 Å². The van der Waals surface area contributed by atoms with E-state index in [-0.39, 0.29) is 0 Å². The van der Waals surface area contributed by atoms with Gasteiger partial charge in [0.15, 0.2) is 11.5 Å². The highest BCUT2D eigenvalue weighted by atomic mass is 16.6. The molecule has 13 heavy (non-hydrogen) atoms. The number of rotatable bonds is 2. The maximum absolute atomic E-state index is 5.02. The summed E-state index contributed by atoms with van der Waals surface area (Å²) in [4.78, 5) is 4.59. The molecular formula is C10H17NO2. The normalized spacial score (nSPS) is 8.38. The largest absolute Gasteiger partial charge is 0.493 e. The van der Waals surface area contributed by atoms with Crippen LogP contribution in [0.25, 0.3) is 0 Å². The zero-order valence-electron chi connectivity index (χ0n) is 8.63. The van der Waals surface area contributed by atoms with Crippen molar-refractivity contribution >= 4 is 0 Å². The van der Waals surface area contributed by atoms with E-state index in [2.05, 4.69) is 4.84 Å². The quantitative estimate of drug-likeness (QED) is 0.715. The molecule has 0 bridgehead atoms. The van der Waals surface area contributed by atoms with Crippen LogP contribution in [0.1, 0.15) is 19.4 Å². The molecule has 0 saturated heterocycles. The second-order valence-corrected chi connectivity index (χ2v) is 2.27. The first-order valence-electron chi connectivity index (χ1n) is 4.29. The van der Waals surface area contributed by atoms with Gasteiger partial charge >= 0.3 is 0 Å². The molecule has 3 nitrogen and oxygen atoms in total. The molecule has 0 spiro atoms. The molecule has 0 aliphatic carbocycles. The van der Waals surface area contributed by atoms with Gasteiger partial charge in [0.25, 0.3) is 0 Å². The van der Waals surface area contributed by atoms with Crippen molar-refractivity contribution in [1.82, 2.24) is 0 Å². The van der Waals surface area contributed by atoms with E-state index in [1.807, 2.05) is 39.0 Å². The number of nitrogens with two attached hydrogens (primary N) is 1. The summed E-state index contributed by atoms with van der Waals surface area (Å²) in [7, 11) is 1.58. The lowest BCUT2D eigenvalue weighted by Gasteiger charge is -2.05. The molecule has 0 fully saturated rings. The molecule has 3 heteroatoms. The fourth-order valence-corrected chi connectivity index (χ4v) is 0.876. The van der Waals surface area contributed by atoms with Crippen molar-refractivity contribution in [3.8, 4) is 11.5 Å². The highest BCUT2D eigenvalue weighted by Gasteiger charge is 2.01. The van der Waals surface area contributed by atoms with Gasteiger partial charge in [-0.1, -0.05) is 19.9 Å². The predicted molar refractivity (Wildman–Crippen MR) is 53.9 cm³/mol. The summed E-state index contributed by atoms with van der Waals surface area (Å²) >= 11 is 0. The summed E-state index contributed by atoms with van der Waals surface area (Å²) in [5, 5.41) is 0. The molecule has 0 amide bonds. The lowest BCUT2D eigenvalue weighted by Crippen LogP contribution is -2.03. The van der Waals surface area contributed by atoms with Crippen molar-refractivity contribution < 1.29 is 9.57 Å². The first-order valence-corrected chi connectivity index (χ1v) is 4.29. The van der Waals surface area contributed by atoms with Gasteiger partial charge in [0.05, 0.1) is 7.11 Å². The van der Waals surface area contributed by atoms with E-state index in [4.69, 9.17) is 10.6 Å². The molecule has 0 saturated carbocycles. The number of methoxy groups -OCH3 is 1. The van der Waals surface area contributed by atoms with Crippen molar-refractivity contribution in [2.24, 2.45) is 5.90 Å². The molecule has 0 radical (unpaired) electrons. The van der Waals surface area contributed by atoms with Gasteiger partial charge < -0.3 is 9.57 Å². The second kappa shape index (κ2) is 6.31. The van der Waals surface area contributed by atoms with E-state index in [1.54, 1.807) is 7.11 Å². The van der Waals surface area contributed by atoms with Crippen molar-refractivity contribution in [2.45, 2.75) is 20.8 Å². The molecule has 1 aromatic carbocycles. The fraction of sp³-hybridized carbons (Fsp3) is 0.400. The summed E-state index contributed by atoms with van der Waals surface area (Å²) in [5.74, 6) is 6.23. The van der Waals surface area contributed by atoms with Gasteiger partial charge in [-0.15, -0.1) is 0 Å². The average molecular weight is 183 g/mol. The molecule has 0 atom stereocenters. The van der Waals surface area contributed by atoms with E-state index in [1.165, 1.54) is 0 Å². The fourth-order valence-electron chi connectivity index (χ4n) is 0.876. The van der Waals surface area contributed by atoms with Crippen LogP contribution in [0.15, 0.2) is 18.2 Å². The highest BCUT2D eigenvalue weighted by Crippen LogP contribution is 2.26. The third-order valence-electron chi connectivity index (χ3n) is 1.45. The van der Waals surface area contributed by atoms with Gasteiger partial charge in [-0.25, -0.2) is 0 Å². The summed E-state index contributed by atoms with van der Waals surface area (Å²) in [6.07, 6.45) is 0. The van der Waals surface area contributed by atoms with E-state index < -0.39 is 0 Å². The van der Waals surface area contributed by atoms with Gasteiger partial charge in [0.2, 0.25) is 0 Å². The Morgan fingerprint density at radius 2 is 1.77 bits per heavy atom. The third kappa shape index (κ3) is 3.34. The Morgan fingerprint density at radius 1 is 1.15 bits per heavy atom. The Bertz CT molecular complexity index is 249. The van der Waals surface area contributed by atoms with Crippen LogP contribution >= 0.6 is 0 Å². The van der Waals surface area contributed by atoms with E-state index in [0.717, 1.165) is 5.56 Å². The summed E-state index contributed by atoms with van der Waals surface area (Å²) in [6, 6.07) is 5.57. The van der Waals surface area contributed by atoms with Crippen LogP contribution in [0, 0.1) is 6.92 Å². The molecule has 74 valence electrons. The van der Waals surface area contributed by atoms with Crippen molar-refractivity contribution in [3.63, 3.8) is 0 Å². The van der Waals surface area contributed by atoms with Crippen molar-refractivity contribution in [1.29, 1.82) is 0 Å². The summed E-state index contributed by atoms with van der Waals surface area (Å²) < 4.78 is 4.99. The van der Waals surface area contributed by atoms with Gasteiger partial charge in [0, 0.05) is 0 Å². The standard InChI is InChI=1S/C8H11NO2.C2H6/c1-6-3-4-7(10-2)8(5-6)11-9;1-2/h3-5H,9H2,1-2H3;1-2H3. The van der Waals surface area contributed by atoms with Crippen molar-refractivity contribution in [3.05, 3.63) is 23.8 Å². The van der Waals surface area contributed by atoms with Crippen LogP contribution in [0.2, 0.25) is 0 Å². The molecular weight excluding hydrogens is 166 g/mol. The Morgan fingerprint density at radius 3 is 2.23 bits per heavy atom. The minimum atomic E-state index is 0.563. The minimum absolute atomic E-state index is 0.563. The summed E-state index contributed by atoms with van der Waals surface area (Å²) in [5.41, 5.74) is 1.09. The molecule has 2 N–H and O–H groups in total. The first-order chi connectivity index (χ1) is 6.27. The maximum atomic E-state index is 5.02. The molecule has 0 unspecified atom stereocenters. The number of aryl methyl sites for hydroxylation is 1. The Kier molecular flexibility index (Phi) is 5.72. The molecule has 1 rings (SSSR count). The molecule has 0 aliphatic rings. The van der Waals surface area contributed by atoms with E-state index in [9.17, 15) is 0 Å². The number of ether oxygens (including phenoxy) is 1. The smallest absolute Gasteiger partial charge is 0.188 e. The lowest BCUT2D eigenvalue weighted by molar-refractivity contribution is 0.305. The Hall–Kier alpha value is -1.22.